The molecule has 1 unspecified atom stereocenters. The Labute approximate surface area is 75.0 Å². The van der Waals surface area contributed by atoms with E-state index in [1.807, 2.05) is 0 Å². The van der Waals surface area contributed by atoms with E-state index in [0.29, 0.717) is 19.1 Å². The van der Waals surface area contributed by atoms with Crippen LogP contribution in [0.25, 0.3) is 0 Å². The zero-order valence-electron chi connectivity index (χ0n) is 8.16. The summed E-state index contributed by atoms with van der Waals surface area (Å²) in [4.78, 5) is 2.11. The first-order valence-electron chi connectivity index (χ1n) is 4.72. The van der Waals surface area contributed by atoms with Gasteiger partial charge in [0.1, 0.15) is 0 Å². The van der Waals surface area contributed by atoms with Crippen molar-refractivity contribution in [2.75, 3.05) is 26.3 Å². The molecule has 3 nitrogen and oxygen atoms in total. The van der Waals surface area contributed by atoms with Crippen molar-refractivity contribution in [3.63, 3.8) is 0 Å². The van der Waals surface area contributed by atoms with Gasteiger partial charge >= 0.3 is 0 Å². The average molecular weight is 175 g/mol. The third-order valence-electron chi connectivity index (χ3n) is 2.10. The van der Waals surface area contributed by atoms with Gasteiger partial charge in [0.25, 0.3) is 0 Å². The van der Waals surface area contributed by atoms with Crippen LogP contribution >= 0.6 is 0 Å². The Balaban J connectivity index is 3.72. The smallest absolute Gasteiger partial charge is 0.0558 e. The van der Waals surface area contributed by atoms with Gasteiger partial charge in [-0.2, -0.15) is 0 Å². The molecular formula is C9H21NO2. The predicted octanol–water partition coefficient (Wildman–Crippen LogP) is 0.462. The molecule has 1 atom stereocenters. The molecule has 0 fully saturated rings. The van der Waals surface area contributed by atoms with Crippen LogP contribution in [0.1, 0.15) is 26.7 Å². The number of rotatable bonds is 7. The second-order valence-corrected chi connectivity index (χ2v) is 3.12. The highest BCUT2D eigenvalue weighted by molar-refractivity contribution is 4.65. The van der Waals surface area contributed by atoms with Crippen LogP contribution in [0.2, 0.25) is 0 Å². The molecule has 0 aromatic carbocycles. The topological polar surface area (TPSA) is 43.7 Å². The molecule has 0 saturated heterocycles. The maximum Gasteiger partial charge on any atom is 0.0558 e. The number of aliphatic hydroxyl groups excluding tert-OH is 2. The van der Waals surface area contributed by atoms with Crippen molar-refractivity contribution in [1.29, 1.82) is 0 Å². The summed E-state index contributed by atoms with van der Waals surface area (Å²) < 4.78 is 0. The third kappa shape index (κ3) is 4.70. The molecule has 74 valence electrons. The molecular weight excluding hydrogens is 154 g/mol. The van der Waals surface area contributed by atoms with Gasteiger partial charge in [-0.05, 0) is 13.3 Å². The minimum atomic E-state index is 0.175. The predicted molar refractivity (Wildman–Crippen MR) is 50.1 cm³/mol. The van der Waals surface area contributed by atoms with Crippen molar-refractivity contribution in [1.82, 2.24) is 4.90 Å². The largest absolute Gasteiger partial charge is 0.395 e. The quantitative estimate of drug-likeness (QED) is 0.591. The normalized spacial score (nSPS) is 13.8. The van der Waals surface area contributed by atoms with E-state index in [0.717, 1.165) is 12.8 Å². The van der Waals surface area contributed by atoms with Crippen molar-refractivity contribution in [2.24, 2.45) is 0 Å². The first kappa shape index (κ1) is 11.9. The SMILES string of the molecule is CCCC(C)N(CCO)CCO. The Kier molecular flexibility index (Phi) is 7.45. The monoisotopic (exact) mass is 175 g/mol. The summed E-state index contributed by atoms with van der Waals surface area (Å²) in [5, 5.41) is 17.5. The Morgan fingerprint density at radius 1 is 1.17 bits per heavy atom. The first-order valence-corrected chi connectivity index (χ1v) is 4.72. The molecule has 0 aliphatic rings. The van der Waals surface area contributed by atoms with Gasteiger partial charge in [-0.15, -0.1) is 0 Å². The van der Waals surface area contributed by atoms with E-state index in [1.165, 1.54) is 0 Å². The molecule has 0 saturated carbocycles. The highest BCUT2D eigenvalue weighted by Crippen LogP contribution is 2.04. The number of hydrogen-bond donors (Lipinski definition) is 2. The lowest BCUT2D eigenvalue weighted by atomic mass is 10.1. The van der Waals surface area contributed by atoms with Gasteiger partial charge in [0.2, 0.25) is 0 Å². The second kappa shape index (κ2) is 7.53. The van der Waals surface area contributed by atoms with Gasteiger partial charge in [0, 0.05) is 19.1 Å². The lowest BCUT2D eigenvalue weighted by molar-refractivity contribution is 0.124. The van der Waals surface area contributed by atoms with Crippen LogP contribution < -0.4 is 0 Å². The molecule has 0 aromatic heterocycles. The molecule has 2 N–H and O–H groups in total. The molecule has 3 heteroatoms. The molecule has 0 spiro atoms. The molecule has 0 radical (unpaired) electrons. The summed E-state index contributed by atoms with van der Waals surface area (Å²) in [5.74, 6) is 0. The van der Waals surface area contributed by atoms with Crippen LogP contribution in [0.3, 0.4) is 0 Å². The van der Waals surface area contributed by atoms with Crippen molar-refractivity contribution in [3.05, 3.63) is 0 Å². The lowest BCUT2D eigenvalue weighted by Gasteiger charge is -2.27. The van der Waals surface area contributed by atoms with Crippen molar-refractivity contribution in [2.45, 2.75) is 32.7 Å². The van der Waals surface area contributed by atoms with Gasteiger partial charge in [0.05, 0.1) is 13.2 Å². The zero-order chi connectivity index (χ0) is 9.40. The van der Waals surface area contributed by atoms with E-state index in [9.17, 15) is 0 Å². The van der Waals surface area contributed by atoms with E-state index >= 15 is 0 Å². The summed E-state index contributed by atoms with van der Waals surface area (Å²) in [7, 11) is 0. The summed E-state index contributed by atoms with van der Waals surface area (Å²) in [5.41, 5.74) is 0. The van der Waals surface area contributed by atoms with Gasteiger partial charge in [-0.25, -0.2) is 0 Å². The molecule has 0 aliphatic heterocycles. The molecule has 0 aromatic rings. The minimum Gasteiger partial charge on any atom is -0.395 e. The minimum absolute atomic E-state index is 0.175. The van der Waals surface area contributed by atoms with Crippen LogP contribution in [0.4, 0.5) is 0 Å². The number of hydrogen-bond acceptors (Lipinski definition) is 3. The summed E-state index contributed by atoms with van der Waals surface area (Å²) in [6.45, 7) is 5.97. The summed E-state index contributed by atoms with van der Waals surface area (Å²) in [6, 6.07) is 0.467. The molecule has 0 rings (SSSR count). The molecule has 0 amide bonds. The fourth-order valence-electron chi connectivity index (χ4n) is 1.41. The third-order valence-corrected chi connectivity index (χ3v) is 2.10. The maximum absolute atomic E-state index is 8.76. The first-order chi connectivity index (χ1) is 5.76. The van der Waals surface area contributed by atoms with Crippen LogP contribution in [-0.4, -0.2) is 47.5 Å². The van der Waals surface area contributed by atoms with Crippen LogP contribution in [0.15, 0.2) is 0 Å². The highest BCUT2D eigenvalue weighted by Gasteiger charge is 2.10. The van der Waals surface area contributed by atoms with E-state index in [-0.39, 0.29) is 13.2 Å². The lowest BCUT2D eigenvalue weighted by Crippen LogP contribution is -2.37. The van der Waals surface area contributed by atoms with Gasteiger partial charge in [-0.3, -0.25) is 4.90 Å². The Bertz CT molecular complexity index is 92.5. The fourth-order valence-corrected chi connectivity index (χ4v) is 1.41. The highest BCUT2D eigenvalue weighted by atomic mass is 16.3. The van der Waals surface area contributed by atoms with Crippen molar-refractivity contribution in [3.8, 4) is 0 Å². The van der Waals surface area contributed by atoms with Crippen LogP contribution in [0, 0.1) is 0 Å². The van der Waals surface area contributed by atoms with E-state index < -0.39 is 0 Å². The molecule has 12 heavy (non-hydrogen) atoms. The summed E-state index contributed by atoms with van der Waals surface area (Å²) in [6.07, 6.45) is 2.27. The molecule has 0 heterocycles. The van der Waals surface area contributed by atoms with Gasteiger partial charge in [0.15, 0.2) is 0 Å². The van der Waals surface area contributed by atoms with E-state index in [2.05, 4.69) is 18.7 Å². The van der Waals surface area contributed by atoms with Gasteiger partial charge < -0.3 is 10.2 Å². The second-order valence-electron chi connectivity index (χ2n) is 3.12. The Morgan fingerprint density at radius 2 is 1.67 bits per heavy atom. The van der Waals surface area contributed by atoms with Crippen molar-refractivity contribution < 1.29 is 10.2 Å². The van der Waals surface area contributed by atoms with Gasteiger partial charge in [-0.1, -0.05) is 13.3 Å². The Hall–Kier alpha value is -0.120. The van der Waals surface area contributed by atoms with E-state index in [1.54, 1.807) is 0 Å². The zero-order valence-corrected chi connectivity index (χ0v) is 8.16. The van der Waals surface area contributed by atoms with Crippen LogP contribution in [-0.2, 0) is 0 Å². The maximum atomic E-state index is 8.76. The van der Waals surface area contributed by atoms with Crippen LogP contribution in [0.5, 0.6) is 0 Å². The average Bonchev–Trinajstić information content (AvgIpc) is 2.04. The number of aliphatic hydroxyl groups is 2. The van der Waals surface area contributed by atoms with E-state index in [4.69, 9.17) is 10.2 Å². The van der Waals surface area contributed by atoms with Crippen molar-refractivity contribution >= 4 is 0 Å². The summed E-state index contributed by atoms with van der Waals surface area (Å²) >= 11 is 0. The Morgan fingerprint density at radius 3 is 2.00 bits per heavy atom. The molecule has 0 aliphatic carbocycles. The molecule has 0 bridgehead atoms. The fraction of sp³-hybridized carbons (Fsp3) is 1.00. The standard InChI is InChI=1S/C9H21NO2/c1-3-4-9(2)10(5-7-11)6-8-12/h9,11-12H,3-8H2,1-2H3. The number of nitrogens with zero attached hydrogens (tertiary/aromatic N) is 1.